The number of ether oxygens (including phenoxy) is 1. The number of carbonyl (C=O) groups excluding carboxylic acids is 3. The van der Waals surface area contributed by atoms with E-state index in [4.69, 9.17) is 4.74 Å². The minimum absolute atomic E-state index is 0.0560. The summed E-state index contributed by atoms with van der Waals surface area (Å²) in [6, 6.07) is 0. The molecule has 114 valence electrons. The van der Waals surface area contributed by atoms with Crippen LogP contribution < -0.4 is 0 Å². The van der Waals surface area contributed by atoms with Crippen molar-refractivity contribution in [2.45, 2.75) is 53.1 Å². The zero-order valence-corrected chi connectivity index (χ0v) is 12.9. The van der Waals surface area contributed by atoms with E-state index in [0.717, 1.165) is 19.3 Å². The first-order chi connectivity index (χ1) is 9.82. The Balaban J connectivity index is 2.14. The number of hydrogen-bond donors (Lipinski definition) is 1. The minimum Gasteiger partial charge on any atom is -0.454 e. The van der Waals surface area contributed by atoms with Gasteiger partial charge in [0.25, 0.3) is 0 Å². The molecule has 1 saturated carbocycles. The Bertz CT molecular complexity index is 596. The average Bonchev–Trinajstić information content (AvgIpc) is 2.61. The van der Waals surface area contributed by atoms with E-state index in [2.05, 4.69) is 4.98 Å². The van der Waals surface area contributed by atoms with E-state index in [1.165, 1.54) is 6.92 Å². The summed E-state index contributed by atoms with van der Waals surface area (Å²) in [6.07, 6.45) is 1.89. The number of hydrogen-bond acceptors (Lipinski definition) is 4. The molecular weight excluding hydrogens is 270 g/mol. The molecule has 1 atom stereocenters. The topological polar surface area (TPSA) is 76.2 Å². The maximum absolute atomic E-state index is 12.4. The molecule has 0 aliphatic heterocycles. The molecule has 2 rings (SSSR count). The van der Waals surface area contributed by atoms with Crippen molar-refractivity contribution in [3.63, 3.8) is 0 Å². The molecule has 0 aromatic carbocycles. The highest BCUT2D eigenvalue weighted by Crippen LogP contribution is 2.28. The van der Waals surface area contributed by atoms with E-state index in [1.807, 2.05) is 0 Å². The Kier molecular flexibility index (Phi) is 4.30. The van der Waals surface area contributed by atoms with Gasteiger partial charge in [-0.25, -0.2) is 0 Å². The van der Waals surface area contributed by atoms with Crippen molar-refractivity contribution in [2.24, 2.45) is 5.92 Å². The van der Waals surface area contributed by atoms with E-state index < -0.39 is 6.10 Å². The quantitative estimate of drug-likeness (QED) is 0.668. The molecule has 1 fully saturated rings. The van der Waals surface area contributed by atoms with E-state index in [0.29, 0.717) is 22.5 Å². The first-order valence-electron chi connectivity index (χ1n) is 7.27. The van der Waals surface area contributed by atoms with Crippen molar-refractivity contribution >= 4 is 17.5 Å². The number of aryl methyl sites for hydroxylation is 1. The predicted octanol–water partition coefficient (Wildman–Crippen LogP) is 2.75. The number of aromatic amines is 1. The molecule has 0 unspecified atom stereocenters. The van der Waals surface area contributed by atoms with Crippen molar-refractivity contribution in [2.75, 3.05) is 0 Å². The van der Waals surface area contributed by atoms with Crippen LogP contribution in [0, 0.1) is 19.8 Å². The van der Waals surface area contributed by atoms with Crippen LogP contribution in [0.25, 0.3) is 0 Å². The fourth-order valence-electron chi connectivity index (χ4n) is 2.70. The van der Waals surface area contributed by atoms with Crippen LogP contribution in [0.4, 0.5) is 0 Å². The second-order valence-corrected chi connectivity index (χ2v) is 5.75. The minimum atomic E-state index is -0.838. The Labute approximate surface area is 124 Å². The molecule has 21 heavy (non-hydrogen) atoms. The van der Waals surface area contributed by atoms with Gasteiger partial charge in [-0.15, -0.1) is 0 Å². The van der Waals surface area contributed by atoms with Gasteiger partial charge in [-0.1, -0.05) is 6.42 Å². The third-order valence-electron chi connectivity index (χ3n) is 4.14. The number of aromatic nitrogens is 1. The smallest absolute Gasteiger partial charge is 0.309 e. The molecular formula is C16H21NO4. The highest BCUT2D eigenvalue weighted by atomic mass is 16.5. The van der Waals surface area contributed by atoms with E-state index >= 15 is 0 Å². The van der Waals surface area contributed by atoms with Crippen molar-refractivity contribution in [3.8, 4) is 0 Å². The molecule has 0 saturated heterocycles. The van der Waals surface area contributed by atoms with Crippen LogP contribution in [-0.2, 0) is 9.53 Å². The number of H-pyrrole nitrogens is 1. The van der Waals surface area contributed by atoms with Gasteiger partial charge in [0, 0.05) is 11.3 Å². The molecule has 0 bridgehead atoms. The van der Waals surface area contributed by atoms with Gasteiger partial charge in [0.15, 0.2) is 11.9 Å². The lowest BCUT2D eigenvalue weighted by Crippen LogP contribution is -2.31. The van der Waals surface area contributed by atoms with Gasteiger partial charge in [0.05, 0.1) is 11.6 Å². The third-order valence-corrected chi connectivity index (χ3v) is 4.14. The van der Waals surface area contributed by atoms with Gasteiger partial charge in [0.1, 0.15) is 0 Å². The predicted molar refractivity (Wildman–Crippen MR) is 77.5 cm³/mol. The summed E-state index contributed by atoms with van der Waals surface area (Å²) in [5, 5.41) is 0. The van der Waals surface area contributed by atoms with Gasteiger partial charge in [-0.3, -0.25) is 14.4 Å². The molecule has 1 N–H and O–H groups in total. The SMILES string of the molecule is CC(=O)c1c(C)[nH]c(C(=O)[C@@H](C)OC(=O)C2CCC2)c1C. The summed E-state index contributed by atoms with van der Waals surface area (Å²) >= 11 is 0. The number of ketones is 2. The first-order valence-corrected chi connectivity index (χ1v) is 7.27. The van der Waals surface area contributed by atoms with Gasteiger partial charge in [0.2, 0.25) is 5.78 Å². The van der Waals surface area contributed by atoms with Crippen LogP contribution in [0.15, 0.2) is 0 Å². The third kappa shape index (κ3) is 2.91. The fourth-order valence-corrected chi connectivity index (χ4v) is 2.70. The van der Waals surface area contributed by atoms with E-state index in [1.54, 1.807) is 20.8 Å². The van der Waals surface area contributed by atoms with Gasteiger partial charge in [-0.05, 0) is 46.1 Å². The molecule has 0 radical (unpaired) electrons. The fraction of sp³-hybridized carbons (Fsp3) is 0.562. The first kappa shape index (κ1) is 15.5. The standard InChI is InChI=1S/C16H21NO4/c1-8-13(10(3)18)9(2)17-14(8)15(19)11(4)21-16(20)12-6-5-7-12/h11-12,17H,5-7H2,1-4H3/t11-/m1/s1. The van der Waals surface area contributed by atoms with Crippen LogP contribution in [0.3, 0.4) is 0 Å². The largest absolute Gasteiger partial charge is 0.454 e. The second kappa shape index (κ2) is 5.84. The summed E-state index contributed by atoms with van der Waals surface area (Å²) in [5.74, 6) is -0.732. The zero-order chi connectivity index (χ0) is 15.7. The molecule has 1 aliphatic carbocycles. The summed E-state index contributed by atoms with van der Waals surface area (Å²) in [6.45, 7) is 6.53. The molecule has 0 amide bonds. The normalized spacial score (nSPS) is 16.2. The maximum Gasteiger partial charge on any atom is 0.309 e. The zero-order valence-electron chi connectivity index (χ0n) is 12.9. The highest BCUT2D eigenvalue weighted by molar-refractivity contribution is 6.05. The molecule has 1 heterocycles. The lowest BCUT2D eigenvalue weighted by Gasteiger charge is -2.24. The molecule has 5 nitrogen and oxygen atoms in total. The Morgan fingerprint density at radius 2 is 1.86 bits per heavy atom. The summed E-state index contributed by atoms with van der Waals surface area (Å²) in [7, 11) is 0. The van der Waals surface area contributed by atoms with Crippen LogP contribution >= 0.6 is 0 Å². The van der Waals surface area contributed by atoms with Crippen LogP contribution in [-0.4, -0.2) is 28.6 Å². The molecule has 1 aromatic rings. The number of nitrogens with one attached hydrogen (secondary N) is 1. The number of esters is 1. The van der Waals surface area contributed by atoms with Gasteiger partial charge >= 0.3 is 5.97 Å². The molecule has 1 aliphatic rings. The summed E-state index contributed by atoms with van der Waals surface area (Å²) < 4.78 is 5.24. The van der Waals surface area contributed by atoms with Crippen molar-refractivity contribution in [1.29, 1.82) is 0 Å². The van der Waals surface area contributed by atoms with Crippen molar-refractivity contribution < 1.29 is 19.1 Å². The maximum atomic E-state index is 12.4. The molecule has 1 aromatic heterocycles. The van der Waals surface area contributed by atoms with Crippen molar-refractivity contribution in [3.05, 3.63) is 22.5 Å². The van der Waals surface area contributed by atoms with Crippen LogP contribution in [0.2, 0.25) is 0 Å². The molecule has 0 spiro atoms. The Morgan fingerprint density at radius 1 is 1.24 bits per heavy atom. The highest BCUT2D eigenvalue weighted by Gasteiger charge is 2.31. The number of Topliss-reactive ketones (excluding diaryl/α,β-unsaturated/α-hetero) is 2. The summed E-state index contributed by atoms with van der Waals surface area (Å²) in [5.41, 5.74) is 2.18. The van der Waals surface area contributed by atoms with Gasteiger partial charge < -0.3 is 9.72 Å². The monoisotopic (exact) mass is 291 g/mol. The van der Waals surface area contributed by atoms with Crippen molar-refractivity contribution in [1.82, 2.24) is 4.98 Å². The Morgan fingerprint density at radius 3 is 2.29 bits per heavy atom. The van der Waals surface area contributed by atoms with Crippen LogP contribution in [0.5, 0.6) is 0 Å². The molecule has 5 heteroatoms. The average molecular weight is 291 g/mol. The number of carbonyl (C=O) groups is 3. The van der Waals surface area contributed by atoms with Gasteiger partial charge in [-0.2, -0.15) is 0 Å². The summed E-state index contributed by atoms with van der Waals surface area (Å²) in [4.78, 5) is 38.7. The van der Waals surface area contributed by atoms with Crippen LogP contribution in [0.1, 0.15) is 65.2 Å². The Hall–Kier alpha value is -1.91. The lowest BCUT2D eigenvalue weighted by molar-refractivity contribution is -0.154. The second-order valence-electron chi connectivity index (χ2n) is 5.75. The van der Waals surface area contributed by atoms with E-state index in [-0.39, 0.29) is 23.5 Å². The number of rotatable bonds is 5. The lowest BCUT2D eigenvalue weighted by atomic mass is 9.85. The van der Waals surface area contributed by atoms with E-state index in [9.17, 15) is 14.4 Å².